The Morgan fingerprint density at radius 2 is 0.594 bits per heavy atom. The first-order valence-electron chi connectivity index (χ1n) is 23.8. The molecule has 0 saturated heterocycles. The van der Waals surface area contributed by atoms with Gasteiger partial charge in [0, 0.05) is 44.3 Å². The standard InChI is InChI=1S/C66H41N3/c1-2-17-42(18-3-1)68-62-30-14-12-27-56(62)58-38-35-45(41-65(58)68)69-63-31-15-13-28-57(63)59-29-16-32-64(66(59)69)67(43-33-36-54-50-23-6-4-19-46(50)48-21-8-10-25-52(48)60(54)39-43)44-34-37-55-51-24-7-5-20-47(51)49-22-9-11-26-53(49)61(55)40-44/h1-41H. The molecule has 0 unspecified atom stereocenters. The number of fused-ring (bicyclic) bond motifs is 18. The fourth-order valence-electron chi connectivity index (χ4n) is 11.9. The lowest BCUT2D eigenvalue weighted by molar-refractivity contribution is 1.15. The van der Waals surface area contributed by atoms with E-state index in [0.29, 0.717) is 0 Å². The van der Waals surface area contributed by atoms with Crippen molar-refractivity contribution < 1.29 is 0 Å². The van der Waals surface area contributed by atoms with Gasteiger partial charge in [-0.25, -0.2) is 0 Å². The highest BCUT2D eigenvalue weighted by molar-refractivity contribution is 6.28. The summed E-state index contributed by atoms with van der Waals surface area (Å²) in [5, 5.41) is 19.9. The fraction of sp³-hybridized carbons (Fsp3) is 0. The first-order valence-corrected chi connectivity index (χ1v) is 23.8. The highest BCUT2D eigenvalue weighted by Crippen LogP contribution is 2.47. The van der Waals surface area contributed by atoms with Gasteiger partial charge in [-0.2, -0.15) is 0 Å². The minimum Gasteiger partial charge on any atom is -0.309 e. The zero-order chi connectivity index (χ0) is 45.2. The van der Waals surface area contributed by atoms with Crippen LogP contribution in [0.2, 0.25) is 0 Å². The van der Waals surface area contributed by atoms with Crippen LogP contribution in [0.1, 0.15) is 0 Å². The van der Waals surface area contributed by atoms with E-state index in [1.54, 1.807) is 0 Å². The number of aromatic nitrogens is 2. The molecule has 15 rings (SSSR count). The molecule has 0 radical (unpaired) electrons. The van der Waals surface area contributed by atoms with E-state index in [0.717, 1.165) is 39.5 Å². The average Bonchev–Trinajstić information content (AvgIpc) is 3.94. The van der Waals surface area contributed by atoms with E-state index in [1.807, 2.05) is 0 Å². The van der Waals surface area contributed by atoms with Crippen molar-refractivity contribution in [2.24, 2.45) is 0 Å². The molecular weight excluding hydrogens is 835 g/mol. The Labute approximate surface area is 397 Å². The molecule has 0 amide bonds. The summed E-state index contributed by atoms with van der Waals surface area (Å²) < 4.78 is 4.93. The average molecular weight is 876 g/mol. The SMILES string of the molecule is c1ccc(-n2c3ccccc3c3ccc(-n4c5ccccc5c5cccc(N(c6ccc7c8ccccc8c8ccccc8c7c6)c6ccc7c8ccccc8c8ccccc8c7c6)c54)cc32)cc1. The number of rotatable bonds is 5. The van der Waals surface area contributed by atoms with E-state index >= 15 is 0 Å². The second kappa shape index (κ2) is 14.7. The minimum absolute atomic E-state index is 1.09. The lowest BCUT2D eigenvalue weighted by atomic mass is 9.93. The van der Waals surface area contributed by atoms with Crippen molar-refractivity contribution in [2.75, 3.05) is 4.90 Å². The summed E-state index contributed by atoms with van der Waals surface area (Å²) >= 11 is 0. The van der Waals surface area contributed by atoms with Gasteiger partial charge in [-0.1, -0.05) is 182 Å². The molecule has 69 heavy (non-hydrogen) atoms. The Bertz CT molecular complexity index is 4380. The molecule has 2 heterocycles. The third-order valence-electron chi connectivity index (χ3n) is 14.8. The van der Waals surface area contributed by atoms with E-state index in [-0.39, 0.29) is 0 Å². The van der Waals surface area contributed by atoms with Crippen molar-refractivity contribution in [1.82, 2.24) is 9.13 Å². The van der Waals surface area contributed by atoms with Crippen LogP contribution in [0.5, 0.6) is 0 Å². The van der Waals surface area contributed by atoms with Gasteiger partial charge in [-0.05, 0) is 131 Å². The van der Waals surface area contributed by atoms with Gasteiger partial charge in [0.1, 0.15) is 0 Å². The Morgan fingerprint density at radius 1 is 0.217 bits per heavy atom. The van der Waals surface area contributed by atoms with Crippen LogP contribution in [-0.4, -0.2) is 9.13 Å². The molecule has 3 heteroatoms. The molecule has 0 aliphatic carbocycles. The summed E-state index contributed by atoms with van der Waals surface area (Å²) in [5.74, 6) is 0. The smallest absolute Gasteiger partial charge is 0.0782 e. The Balaban J connectivity index is 1.06. The van der Waals surface area contributed by atoms with Crippen LogP contribution < -0.4 is 4.90 Å². The molecule has 15 aromatic rings. The second-order valence-corrected chi connectivity index (χ2v) is 18.4. The highest BCUT2D eigenvalue weighted by atomic mass is 15.2. The van der Waals surface area contributed by atoms with Crippen LogP contribution in [0, 0.1) is 0 Å². The fourth-order valence-corrected chi connectivity index (χ4v) is 11.9. The topological polar surface area (TPSA) is 13.1 Å². The van der Waals surface area contributed by atoms with Gasteiger partial charge in [-0.15, -0.1) is 0 Å². The quantitative estimate of drug-likeness (QED) is 0.157. The molecule has 0 bridgehead atoms. The van der Waals surface area contributed by atoms with E-state index in [2.05, 4.69) is 263 Å². The monoisotopic (exact) mass is 875 g/mol. The van der Waals surface area contributed by atoms with Crippen molar-refractivity contribution in [2.45, 2.75) is 0 Å². The van der Waals surface area contributed by atoms with E-state index in [9.17, 15) is 0 Å². The third-order valence-corrected chi connectivity index (χ3v) is 14.8. The Hall–Kier alpha value is -9.18. The molecule has 0 atom stereocenters. The maximum atomic E-state index is 2.52. The Kier molecular flexibility index (Phi) is 8.07. The maximum absolute atomic E-state index is 2.52. The zero-order valence-corrected chi connectivity index (χ0v) is 37.5. The Morgan fingerprint density at radius 3 is 1.12 bits per heavy atom. The summed E-state index contributed by atoms with van der Waals surface area (Å²) in [7, 11) is 0. The number of benzene rings is 13. The largest absolute Gasteiger partial charge is 0.309 e. The van der Waals surface area contributed by atoms with Crippen LogP contribution in [-0.2, 0) is 0 Å². The summed E-state index contributed by atoms with van der Waals surface area (Å²) in [5.41, 5.74) is 10.2. The van der Waals surface area contributed by atoms with Crippen LogP contribution in [0.25, 0.3) is 120 Å². The van der Waals surface area contributed by atoms with Gasteiger partial charge in [0.2, 0.25) is 0 Å². The maximum Gasteiger partial charge on any atom is 0.0782 e. The van der Waals surface area contributed by atoms with Crippen molar-refractivity contribution in [3.63, 3.8) is 0 Å². The third kappa shape index (κ3) is 5.50. The molecule has 0 N–H and O–H groups in total. The van der Waals surface area contributed by atoms with Gasteiger partial charge in [0.15, 0.2) is 0 Å². The molecule has 320 valence electrons. The number of anilines is 3. The van der Waals surface area contributed by atoms with Crippen LogP contribution in [0.3, 0.4) is 0 Å². The van der Waals surface area contributed by atoms with Gasteiger partial charge in [0.25, 0.3) is 0 Å². The number of nitrogens with zero attached hydrogens (tertiary/aromatic N) is 3. The van der Waals surface area contributed by atoms with Crippen LogP contribution in [0.4, 0.5) is 17.1 Å². The van der Waals surface area contributed by atoms with Crippen molar-refractivity contribution >= 4 is 125 Å². The summed E-state index contributed by atoms with van der Waals surface area (Å²) in [4.78, 5) is 2.52. The molecule has 13 aromatic carbocycles. The molecule has 3 nitrogen and oxygen atoms in total. The second-order valence-electron chi connectivity index (χ2n) is 18.4. The van der Waals surface area contributed by atoms with E-state index in [1.165, 1.54) is 97.2 Å². The van der Waals surface area contributed by atoms with Gasteiger partial charge in [0.05, 0.1) is 27.8 Å². The first-order chi connectivity index (χ1) is 34.3. The molecule has 0 saturated carbocycles. The summed E-state index contributed by atoms with van der Waals surface area (Å²) in [6, 6.07) is 92.1. The van der Waals surface area contributed by atoms with Gasteiger partial charge in [-0.3, -0.25) is 0 Å². The molecule has 0 fully saturated rings. The van der Waals surface area contributed by atoms with Crippen LogP contribution >= 0.6 is 0 Å². The van der Waals surface area contributed by atoms with E-state index in [4.69, 9.17) is 0 Å². The van der Waals surface area contributed by atoms with Crippen LogP contribution in [0.15, 0.2) is 249 Å². The summed E-state index contributed by atoms with van der Waals surface area (Å²) in [6.45, 7) is 0. The van der Waals surface area contributed by atoms with Gasteiger partial charge >= 0.3 is 0 Å². The normalized spacial score (nSPS) is 12.1. The lowest BCUT2D eigenvalue weighted by Crippen LogP contribution is -2.12. The predicted molar refractivity (Wildman–Crippen MR) is 295 cm³/mol. The number of hydrogen-bond donors (Lipinski definition) is 0. The summed E-state index contributed by atoms with van der Waals surface area (Å²) in [6.07, 6.45) is 0. The predicted octanol–water partition coefficient (Wildman–Crippen LogP) is 18.3. The lowest BCUT2D eigenvalue weighted by Gasteiger charge is -2.28. The van der Waals surface area contributed by atoms with Crippen molar-refractivity contribution in [1.29, 1.82) is 0 Å². The first kappa shape index (κ1) is 38.0. The highest BCUT2D eigenvalue weighted by Gasteiger charge is 2.24. The number of hydrogen-bond acceptors (Lipinski definition) is 1. The molecule has 0 aliphatic heterocycles. The van der Waals surface area contributed by atoms with Crippen molar-refractivity contribution in [3.05, 3.63) is 249 Å². The molecule has 0 spiro atoms. The molecular formula is C66H41N3. The minimum atomic E-state index is 1.09. The number of para-hydroxylation sites is 4. The zero-order valence-electron chi connectivity index (χ0n) is 37.5. The molecule has 2 aromatic heterocycles. The van der Waals surface area contributed by atoms with E-state index < -0.39 is 0 Å². The van der Waals surface area contributed by atoms with Crippen molar-refractivity contribution in [3.8, 4) is 11.4 Å². The van der Waals surface area contributed by atoms with Gasteiger partial charge < -0.3 is 14.0 Å². The molecule has 0 aliphatic rings.